The Kier molecular flexibility index (Phi) is 5.56. The zero-order valence-electron chi connectivity index (χ0n) is 23.0. The Morgan fingerprint density at radius 1 is 0.889 bits per heavy atom. The van der Waals surface area contributed by atoms with Crippen molar-refractivity contribution < 1.29 is 30.3 Å². The summed E-state index contributed by atoms with van der Waals surface area (Å²) in [5.74, 6) is 0.135. The van der Waals surface area contributed by atoms with Crippen LogP contribution in [0.2, 0.25) is 0 Å². The Morgan fingerprint density at radius 2 is 1.50 bits per heavy atom. The Hall–Kier alpha value is -1.05. The normalized spacial score (nSPS) is 55.1. The average molecular weight is 503 g/mol. The fraction of sp³-hybridized carbons (Fsp3) is 0.833. The van der Waals surface area contributed by atoms with Gasteiger partial charge in [0.25, 0.3) is 0 Å². The summed E-state index contributed by atoms with van der Waals surface area (Å²) in [7, 11) is 0. The van der Waals surface area contributed by atoms with Crippen molar-refractivity contribution in [3.8, 4) is 0 Å². The third-order valence-corrected chi connectivity index (χ3v) is 12.8. The number of hydrogen-bond acceptors (Lipinski definition) is 6. The van der Waals surface area contributed by atoms with Crippen molar-refractivity contribution in [2.75, 3.05) is 6.61 Å². The third kappa shape index (κ3) is 2.73. The summed E-state index contributed by atoms with van der Waals surface area (Å²) < 4.78 is 0. The van der Waals surface area contributed by atoms with Gasteiger partial charge in [-0.3, -0.25) is 4.79 Å². The van der Waals surface area contributed by atoms with Gasteiger partial charge in [0.15, 0.2) is 5.78 Å². The second kappa shape index (κ2) is 7.53. The molecule has 6 nitrogen and oxygen atoms in total. The van der Waals surface area contributed by atoms with Gasteiger partial charge in [0.1, 0.15) is 0 Å². The summed E-state index contributed by atoms with van der Waals surface area (Å²) in [6, 6.07) is 0. The molecule has 0 radical (unpaired) electrons. The summed E-state index contributed by atoms with van der Waals surface area (Å²) in [6.07, 6.45) is 3.91. The fourth-order valence-corrected chi connectivity index (χ4v) is 10.3. The minimum absolute atomic E-state index is 0.150. The van der Waals surface area contributed by atoms with E-state index < -0.39 is 52.7 Å². The largest absolute Gasteiger partial charge is 0.396 e. The lowest BCUT2D eigenvalue weighted by atomic mass is 9.33. The van der Waals surface area contributed by atoms with Crippen molar-refractivity contribution in [1.82, 2.24) is 0 Å². The summed E-state index contributed by atoms with van der Waals surface area (Å²) >= 11 is 0. The van der Waals surface area contributed by atoms with Crippen LogP contribution in [0.25, 0.3) is 0 Å². The van der Waals surface area contributed by atoms with E-state index >= 15 is 0 Å². The maximum atomic E-state index is 12.8. The zero-order chi connectivity index (χ0) is 26.9. The highest BCUT2D eigenvalue weighted by Crippen LogP contribution is 2.74. The summed E-state index contributed by atoms with van der Waals surface area (Å²) in [5.41, 5.74) is -2.91. The molecule has 0 aliphatic heterocycles. The van der Waals surface area contributed by atoms with Crippen molar-refractivity contribution in [1.29, 1.82) is 0 Å². The lowest BCUT2D eigenvalue weighted by Crippen LogP contribution is -2.75. The Labute approximate surface area is 215 Å². The summed E-state index contributed by atoms with van der Waals surface area (Å²) in [4.78, 5) is 12.8. The SMILES string of the molecule is CC1(C)C[C@H]2C3=CC[C@@H]4[C@@]5(C)C=CC(=O)C(C)(C)[C@@H]5CC[C@@]4(C)[C@]3(C)[C@@H](O)[C@@H](O)[C@@]2(CO)[C@@H](O)[C@@H]1O. The maximum Gasteiger partial charge on any atom is 0.161 e. The molecule has 5 rings (SSSR count). The van der Waals surface area contributed by atoms with Gasteiger partial charge in [-0.1, -0.05) is 66.2 Å². The molecule has 5 aliphatic rings. The van der Waals surface area contributed by atoms with E-state index in [9.17, 15) is 30.3 Å². The van der Waals surface area contributed by atoms with Gasteiger partial charge in [0.05, 0.1) is 36.4 Å². The predicted molar refractivity (Wildman–Crippen MR) is 137 cm³/mol. The van der Waals surface area contributed by atoms with Crippen molar-refractivity contribution in [2.24, 2.45) is 50.2 Å². The molecule has 36 heavy (non-hydrogen) atoms. The highest BCUT2D eigenvalue weighted by atomic mass is 16.4. The number of rotatable bonds is 1. The van der Waals surface area contributed by atoms with E-state index in [0.29, 0.717) is 6.42 Å². The molecule has 0 aromatic carbocycles. The standard InChI is InChI=1S/C30H46O6/c1-25(2)14-17-16-8-9-19-27(5)12-11-20(32)26(3,4)18(27)10-13-28(19,6)29(16,7)22(34)24(36)30(17,15-31)23(35)21(25)33/h8,11-12,17-19,21-24,31,33-36H,9-10,13-15H2,1-7H3/t17-,18-,19+,21-,22-,23-,24+,27-,28+,29-,30+/m0/s1. The second-order valence-corrected chi connectivity index (χ2v) is 14.7. The Bertz CT molecular complexity index is 1030. The van der Waals surface area contributed by atoms with Crippen LogP contribution >= 0.6 is 0 Å². The first kappa shape index (κ1) is 26.6. The molecule has 0 amide bonds. The highest BCUT2D eigenvalue weighted by molar-refractivity contribution is 5.95. The first-order valence-electron chi connectivity index (χ1n) is 13.7. The van der Waals surface area contributed by atoms with Crippen LogP contribution in [-0.4, -0.2) is 62.3 Å². The van der Waals surface area contributed by atoms with E-state index in [0.717, 1.165) is 24.8 Å². The molecule has 0 bridgehead atoms. The van der Waals surface area contributed by atoms with E-state index in [4.69, 9.17) is 0 Å². The van der Waals surface area contributed by atoms with Gasteiger partial charge in [-0.05, 0) is 65.8 Å². The predicted octanol–water partition coefficient (Wildman–Crippen LogP) is 3.01. The van der Waals surface area contributed by atoms with Crippen LogP contribution in [0.5, 0.6) is 0 Å². The van der Waals surface area contributed by atoms with Gasteiger partial charge in [-0.2, -0.15) is 0 Å². The molecule has 6 heteroatoms. The molecule has 3 saturated carbocycles. The molecular weight excluding hydrogens is 456 g/mol. The molecule has 3 fully saturated rings. The second-order valence-electron chi connectivity index (χ2n) is 14.7. The summed E-state index contributed by atoms with van der Waals surface area (Å²) in [5, 5.41) is 56.7. The van der Waals surface area contributed by atoms with Crippen LogP contribution in [-0.2, 0) is 4.79 Å². The number of carbonyl (C=O) groups excluding carboxylic acids is 1. The van der Waals surface area contributed by atoms with E-state index in [-0.39, 0.29) is 34.4 Å². The van der Waals surface area contributed by atoms with Crippen LogP contribution in [0.15, 0.2) is 23.8 Å². The lowest BCUT2D eigenvalue weighted by molar-refractivity contribution is -0.283. The number of fused-ring (bicyclic) bond motifs is 7. The highest BCUT2D eigenvalue weighted by Gasteiger charge is 2.74. The van der Waals surface area contributed by atoms with Gasteiger partial charge >= 0.3 is 0 Å². The monoisotopic (exact) mass is 502 g/mol. The topological polar surface area (TPSA) is 118 Å². The molecule has 0 unspecified atom stereocenters. The zero-order valence-corrected chi connectivity index (χ0v) is 23.0. The molecule has 0 aromatic heterocycles. The van der Waals surface area contributed by atoms with Gasteiger partial charge in [0, 0.05) is 10.8 Å². The number of allylic oxidation sites excluding steroid dienone is 3. The number of aliphatic hydroxyl groups excluding tert-OH is 5. The maximum absolute atomic E-state index is 12.8. The van der Waals surface area contributed by atoms with Crippen molar-refractivity contribution in [2.45, 2.75) is 98.6 Å². The number of ketones is 1. The fourth-order valence-electron chi connectivity index (χ4n) is 10.3. The van der Waals surface area contributed by atoms with Crippen LogP contribution in [0, 0.1) is 50.2 Å². The molecule has 5 N–H and O–H groups in total. The molecule has 0 aromatic rings. The molecule has 5 aliphatic carbocycles. The van der Waals surface area contributed by atoms with Crippen molar-refractivity contribution in [3.63, 3.8) is 0 Å². The molecule has 0 heterocycles. The van der Waals surface area contributed by atoms with Gasteiger partial charge in [0.2, 0.25) is 0 Å². The molecule has 202 valence electrons. The van der Waals surface area contributed by atoms with Crippen LogP contribution in [0.3, 0.4) is 0 Å². The summed E-state index contributed by atoms with van der Waals surface area (Å²) in [6.45, 7) is 14.0. The van der Waals surface area contributed by atoms with Crippen LogP contribution in [0.1, 0.15) is 74.1 Å². The van der Waals surface area contributed by atoms with Gasteiger partial charge in [-0.15, -0.1) is 0 Å². The Morgan fingerprint density at radius 3 is 2.11 bits per heavy atom. The number of aliphatic hydroxyl groups is 5. The third-order valence-electron chi connectivity index (χ3n) is 12.8. The quantitative estimate of drug-likeness (QED) is 0.352. The number of hydrogen-bond donors (Lipinski definition) is 5. The van der Waals surface area contributed by atoms with Gasteiger partial charge in [-0.25, -0.2) is 0 Å². The smallest absolute Gasteiger partial charge is 0.161 e. The minimum atomic E-state index is -1.43. The molecule has 11 atom stereocenters. The van der Waals surface area contributed by atoms with Gasteiger partial charge < -0.3 is 25.5 Å². The molecular formula is C30H46O6. The Balaban J connectivity index is 1.70. The average Bonchev–Trinajstić information content (AvgIpc) is 2.80. The van der Waals surface area contributed by atoms with E-state index in [1.165, 1.54) is 0 Å². The minimum Gasteiger partial charge on any atom is -0.396 e. The van der Waals surface area contributed by atoms with Crippen LogP contribution in [0.4, 0.5) is 0 Å². The van der Waals surface area contributed by atoms with Crippen molar-refractivity contribution in [3.05, 3.63) is 23.8 Å². The molecule has 0 saturated heterocycles. The first-order valence-corrected chi connectivity index (χ1v) is 13.7. The lowest BCUT2D eigenvalue weighted by Gasteiger charge is -2.72. The van der Waals surface area contributed by atoms with E-state index in [1.54, 1.807) is 6.08 Å². The molecule has 0 spiro atoms. The van der Waals surface area contributed by atoms with E-state index in [1.807, 2.05) is 13.8 Å². The van der Waals surface area contributed by atoms with Crippen molar-refractivity contribution >= 4 is 5.78 Å². The van der Waals surface area contributed by atoms with Crippen LogP contribution < -0.4 is 0 Å². The number of carbonyl (C=O) groups is 1. The first-order chi connectivity index (χ1) is 16.5. The van der Waals surface area contributed by atoms with E-state index in [2.05, 4.69) is 46.8 Å².